The molecule has 0 saturated heterocycles. The normalized spacial score (nSPS) is 9.27. The second-order valence-electron chi connectivity index (χ2n) is 2.61. The number of hydrogen-bond acceptors (Lipinski definition) is 5. The summed E-state index contributed by atoms with van der Waals surface area (Å²) in [5, 5.41) is 0.629. The predicted molar refractivity (Wildman–Crippen MR) is 63.5 cm³/mol. The Kier molecular flexibility index (Phi) is 4.66. The second kappa shape index (κ2) is 5.79. The van der Waals surface area contributed by atoms with E-state index in [9.17, 15) is 4.79 Å². The van der Waals surface area contributed by atoms with Gasteiger partial charge in [0.2, 0.25) is 0 Å². The number of rotatable bonds is 2. The van der Waals surface area contributed by atoms with Gasteiger partial charge < -0.3 is 4.74 Å². The number of carbonyl (C=O) groups is 1. The fraction of sp³-hybridized carbons (Fsp3) is 0.400. The molecule has 1 heterocycles. The van der Waals surface area contributed by atoms with E-state index >= 15 is 0 Å². The molecule has 0 spiro atoms. The zero-order chi connectivity index (χ0) is 11.3. The van der Waals surface area contributed by atoms with Crippen molar-refractivity contribution in [3.63, 3.8) is 0 Å². The predicted octanol–water partition coefficient (Wildman–Crippen LogP) is 1.91. The van der Waals surface area contributed by atoms with Crippen molar-refractivity contribution in [3.05, 3.63) is 15.6 Å². The average molecular weight is 241 g/mol. The van der Waals surface area contributed by atoms with Gasteiger partial charge in [-0.15, -0.1) is 0 Å². The third-order valence-electron chi connectivity index (χ3n) is 1.53. The quantitative estimate of drug-likeness (QED) is 0.488. The van der Waals surface area contributed by atoms with E-state index in [4.69, 9.17) is 4.74 Å². The van der Waals surface area contributed by atoms with Gasteiger partial charge in [0.1, 0.15) is 4.88 Å². The van der Waals surface area contributed by atoms with E-state index in [1.807, 2.05) is 0 Å². The minimum atomic E-state index is -0.327. The number of nitrogens with zero attached hydrogens (tertiary/aromatic N) is 1. The SMILES string of the molecule is CCOC(=O)c1sc(C#CCS)nc1C. The highest BCUT2D eigenvalue weighted by Crippen LogP contribution is 2.18. The van der Waals surface area contributed by atoms with Gasteiger partial charge in [-0.1, -0.05) is 17.3 Å². The number of aryl methyl sites for hydroxylation is 1. The van der Waals surface area contributed by atoms with Crippen molar-refractivity contribution in [2.75, 3.05) is 12.4 Å². The molecule has 0 aliphatic rings. The van der Waals surface area contributed by atoms with E-state index in [1.165, 1.54) is 11.3 Å². The minimum absolute atomic E-state index is 0.327. The molecule has 0 aliphatic carbocycles. The Labute approximate surface area is 98.3 Å². The summed E-state index contributed by atoms with van der Waals surface area (Å²) in [5.74, 6) is 5.76. The van der Waals surface area contributed by atoms with Crippen molar-refractivity contribution < 1.29 is 9.53 Å². The van der Waals surface area contributed by atoms with Crippen molar-refractivity contribution >= 4 is 29.9 Å². The summed E-state index contributed by atoms with van der Waals surface area (Å²) >= 11 is 5.22. The van der Waals surface area contributed by atoms with Crippen LogP contribution in [0.5, 0.6) is 0 Å². The summed E-state index contributed by atoms with van der Waals surface area (Å²) in [7, 11) is 0. The molecule has 5 heteroatoms. The molecule has 0 unspecified atom stereocenters. The van der Waals surface area contributed by atoms with Gasteiger partial charge in [-0.05, 0) is 19.8 Å². The molecule has 1 rings (SSSR count). The molecular formula is C10H11NO2S2. The number of carbonyl (C=O) groups excluding carboxylic acids is 1. The first-order valence-electron chi connectivity index (χ1n) is 4.43. The average Bonchev–Trinajstić information content (AvgIpc) is 2.57. The van der Waals surface area contributed by atoms with E-state index in [2.05, 4.69) is 29.5 Å². The monoisotopic (exact) mass is 241 g/mol. The molecule has 0 atom stereocenters. The number of thiol groups is 1. The topological polar surface area (TPSA) is 39.2 Å². The highest BCUT2D eigenvalue weighted by atomic mass is 32.1. The van der Waals surface area contributed by atoms with E-state index in [-0.39, 0.29) is 5.97 Å². The first kappa shape index (κ1) is 12.1. The summed E-state index contributed by atoms with van der Waals surface area (Å²) in [6.45, 7) is 3.92. The first-order chi connectivity index (χ1) is 7.19. The lowest BCUT2D eigenvalue weighted by atomic mass is 10.4. The fourth-order valence-electron chi connectivity index (χ4n) is 0.951. The Morgan fingerprint density at radius 2 is 2.40 bits per heavy atom. The number of ether oxygens (including phenoxy) is 1. The summed E-state index contributed by atoms with van der Waals surface area (Å²) < 4.78 is 4.89. The molecule has 1 aromatic rings. The van der Waals surface area contributed by atoms with Gasteiger partial charge in [0.05, 0.1) is 18.1 Å². The van der Waals surface area contributed by atoms with Crippen molar-refractivity contribution in [2.24, 2.45) is 0 Å². The smallest absolute Gasteiger partial charge is 0.350 e. The molecule has 0 amide bonds. The third-order valence-corrected chi connectivity index (χ3v) is 2.74. The zero-order valence-corrected chi connectivity index (χ0v) is 10.2. The van der Waals surface area contributed by atoms with E-state index in [0.717, 1.165) is 0 Å². The lowest BCUT2D eigenvalue weighted by Gasteiger charge is -1.97. The molecule has 0 fully saturated rings. The maximum absolute atomic E-state index is 11.4. The van der Waals surface area contributed by atoms with E-state index < -0.39 is 0 Å². The standard InChI is InChI=1S/C10H11NO2S2/c1-3-13-10(12)9-7(2)11-8(15-9)5-4-6-14/h14H,3,6H2,1-2H3. The summed E-state index contributed by atoms with van der Waals surface area (Å²) in [6.07, 6.45) is 0. The van der Waals surface area contributed by atoms with Crippen LogP contribution in [0.15, 0.2) is 0 Å². The Morgan fingerprint density at radius 1 is 1.67 bits per heavy atom. The summed E-state index contributed by atoms with van der Waals surface area (Å²) in [4.78, 5) is 16.1. The van der Waals surface area contributed by atoms with E-state index in [0.29, 0.717) is 27.9 Å². The molecule has 0 aromatic carbocycles. The van der Waals surface area contributed by atoms with Crippen LogP contribution in [0.3, 0.4) is 0 Å². The van der Waals surface area contributed by atoms with Crippen molar-refractivity contribution in [2.45, 2.75) is 13.8 Å². The van der Waals surface area contributed by atoms with Gasteiger partial charge in [0, 0.05) is 0 Å². The Hall–Kier alpha value is -0.990. The van der Waals surface area contributed by atoms with Crippen molar-refractivity contribution in [3.8, 4) is 11.8 Å². The second-order valence-corrected chi connectivity index (χ2v) is 3.93. The Morgan fingerprint density at radius 3 is 3.00 bits per heavy atom. The highest BCUT2D eigenvalue weighted by Gasteiger charge is 2.15. The van der Waals surface area contributed by atoms with Crippen LogP contribution in [0.4, 0.5) is 0 Å². The molecule has 0 radical (unpaired) electrons. The first-order valence-corrected chi connectivity index (χ1v) is 5.88. The van der Waals surface area contributed by atoms with Crippen LogP contribution in [0.25, 0.3) is 0 Å². The summed E-state index contributed by atoms with van der Waals surface area (Å²) in [5.41, 5.74) is 0.668. The van der Waals surface area contributed by atoms with Crippen LogP contribution >= 0.6 is 24.0 Å². The maximum atomic E-state index is 11.4. The maximum Gasteiger partial charge on any atom is 0.350 e. The van der Waals surface area contributed by atoms with Crippen molar-refractivity contribution in [1.29, 1.82) is 0 Å². The number of aromatic nitrogens is 1. The summed E-state index contributed by atoms with van der Waals surface area (Å²) in [6, 6.07) is 0. The lowest BCUT2D eigenvalue weighted by molar-refractivity contribution is 0.0531. The molecule has 0 aliphatic heterocycles. The molecule has 15 heavy (non-hydrogen) atoms. The zero-order valence-electron chi connectivity index (χ0n) is 8.53. The largest absolute Gasteiger partial charge is 0.462 e. The van der Waals surface area contributed by atoms with Crippen LogP contribution in [0, 0.1) is 18.8 Å². The molecule has 80 valence electrons. The van der Waals surface area contributed by atoms with Crippen LogP contribution in [0.1, 0.15) is 27.3 Å². The van der Waals surface area contributed by atoms with Crippen LogP contribution < -0.4 is 0 Å². The van der Waals surface area contributed by atoms with Gasteiger partial charge in [0.15, 0.2) is 5.01 Å². The molecular weight excluding hydrogens is 230 g/mol. The number of thiazole rings is 1. The van der Waals surface area contributed by atoms with Crippen LogP contribution in [0.2, 0.25) is 0 Å². The van der Waals surface area contributed by atoms with Gasteiger partial charge in [0.25, 0.3) is 0 Å². The Bertz CT molecular complexity index is 415. The highest BCUT2D eigenvalue weighted by molar-refractivity contribution is 7.80. The molecule has 3 nitrogen and oxygen atoms in total. The molecule has 1 aromatic heterocycles. The number of hydrogen-bond donors (Lipinski definition) is 1. The van der Waals surface area contributed by atoms with Crippen LogP contribution in [-0.2, 0) is 4.74 Å². The van der Waals surface area contributed by atoms with Crippen LogP contribution in [-0.4, -0.2) is 23.3 Å². The fourth-order valence-corrected chi connectivity index (χ4v) is 1.86. The number of esters is 1. The molecule has 0 bridgehead atoms. The molecule has 0 N–H and O–H groups in total. The van der Waals surface area contributed by atoms with Gasteiger partial charge in [-0.2, -0.15) is 12.6 Å². The van der Waals surface area contributed by atoms with Crippen molar-refractivity contribution in [1.82, 2.24) is 4.98 Å². The third kappa shape index (κ3) is 3.26. The van der Waals surface area contributed by atoms with Gasteiger partial charge in [-0.3, -0.25) is 0 Å². The molecule has 0 saturated carbocycles. The minimum Gasteiger partial charge on any atom is -0.462 e. The van der Waals surface area contributed by atoms with E-state index in [1.54, 1.807) is 13.8 Å². The lowest BCUT2D eigenvalue weighted by Crippen LogP contribution is -2.03. The Balaban J connectivity index is 2.91. The van der Waals surface area contributed by atoms with Gasteiger partial charge in [-0.25, -0.2) is 9.78 Å². The van der Waals surface area contributed by atoms with Gasteiger partial charge >= 0.3 is 5.97 Å².